The summed E-state index contributed by atoms with van der Waals surface area (Å²) in [5, 5.41) is 2.85. The quantitative estimate of drug-likeness (QED) is 0.806. The van der Waals surface area contributed by atoms with Gasteiger partial charge in [-0.3, -0.25) is 9.89 Å². The number of hydrogen-bond acceptors (Lipinski definition) is 3. The van der Waals surface area contributed by atoms with Crippen molar-refractivity contribution in [3.63, 3.8) is 0 Å². The minimum absolute atomic E-state index is 0.0822. The molecule has 0 atom stereocenters. The van der Waals surface area contributed by atoms with Gasteiger partial charge in [-0.25, -0.2) is 14.6 Å². The van der Waals surface area contributed by atoms with Gasteiger partial charge in [0, 0.05) is 30.1 Å². The molecule has 0 amide bonds. The van der Waals surface area contributed by atoms with Gasteiger partial charge in [-0.15, -0.1) is 0 Å². The zero-order valence-corrected chi connectivity index (χ0v) is 13.0. The lowest BCUT2D eigenvalue weighted by molar-refractivity contribution is 0.768. The van der Waals surface area contributed by atoms with Gasteiger partial charge in [-0.05, 0) is 36.8 Å². The number of benzene rings is 1. The standard InChI is InChI=1S/C18H18N4O/c1-12-16(9-13-5-3-2-4-6-13)17(23)21-22(12)18-19-10-15(11-20-18)14-7-8-14/h2-6,10-11,14H,7-9H2,1H3,(H,21,23). The second kappa shape index (κ2) is 5.50. The van der Waals surface area contributed by atoms with E-state index < -0.39 is 0 Å². The summed E-state index contributed by atoms with van der Waals surface area (Å²) in [5.74, 6) is 1.14. The molecule has 3 aromatic rings. The molecule has 23 heavy (non-hydrogen) atoms. The minimum Gasteiger partial charge on any atom is -0.268 e. The lowest BCUT2D eigenvalue weighted by Crippen LogP contribution is -2.09. The fourth-order valence-corrected chi connectivity index (χ4v) is 2.83. The van der Waals surface area contributed by atoms with Crippen LogP contribution in [0.3, 0.4) is 0 Å². The number of rotatable bonds is 4. The number of hydrogen-bond donors (Lipinski definition) is 1. The largest absolute Gasteiger partial charge is 0.268 e. The van der Waals surface area contributed by atoms with Crippen LogP contribution >= 0.6 is 0 Å². The lowest BCUT2D eigenvalue weighted by Gasteiger charge is -2.05. The Morgan fingerprint density at radius 1 is 1.17 bits per heavy atom. The average Bonchev–Trinajstić information content (AvgIpc) is 3.39. The summed E-state index contributed by atoms with van der Waals surface area (Å²) in [4.78, 5) is 21.1. The molecule has 2 heterocycles. The van der Waals surface area contributed by atoms with E-state index in [4.69, 9.17) is 0 Å². The van der Waals surface area contributed by atoms with Crippen molar-refractivity contribution in [2.45, 2.75) is 32.1 Å². The summed E-state index contributed by atoms with van der Waals surface area (Å²) in [6, 6.07) is 9.99. The highest BCUT2D eigenvalue weighted by Crippen LogP contribution is 2.39. The molecule has 0 spiro atoms. The smallest absolute Gasteiger partial charge is 0.268 e. The molecule has 0 radical (unpaired) electrons. The average molecular weight is 306 g/mol. The molecule has 1 N–H and O–H groups in total. The van der Waals surface area contributed by atoms with Crippen molar-refractivity contribution in [3.8, 4) is 5.95 Å². The topological polar surface area (TPSA) is 63.6 Å². The van der Waals surface area contributed by atoms with E-state index in [9.17, 15) is 4.79 Å². The third-order valence-corrected chi connectivity index (χ3v) is 4.39. The normalized spacial score (nSPS) is 14.1. The van der Waals surface area contributed by atoms with E-state index in [0.29, 0.717) is 18.3 Å². The van der Waals surface area contributed by atoms with Crippen LogP contribution in [-0.4, -0.2) is 19.7 Å². The number of nitrogens with zero attached hydrogens (tertiary/aromatic N) is 3. The fraction of sp³-hybridized carbons (Fsp3) is 0.278. The summed E-state index contributed by atoms with van der Waals surface area (Å²) in [6.45, 7) is 1.92. The Morgan fingerprint density at radius 3 is 2.52 bits per heavy atom. The second-order valence-corrected chi connectivity index (χ2v) is 6.09. The molecule has 0 bridgehead atoms. The van der Waals surface area contributed by atoms with E-state index in [1.165, 1.54) is 18.4 Å². The van der Waals surface area contributed by atoms with Crippen LogP contribution in [0.5, 0.6) is 0 Å². The molecule has 5 nitrogen and oxygen atoms in total. The van der Waals surface area contributed by atoms with Gasteiger partial charge in [-0.2, -0.15) is 0 Å². The molecule has 0 unspecified atom stereocenters. The number of H-pyrrole nitrogens is 1. The zero-order chi connectivity index (χ0) is 15.8. The van der Waals surface area contributed by atoms with E-state index >= 15 is 0 Å². The molecule has 1 saturated carbocycles. The Labute approximate surface area is 134 Å². The van der Waals surface area contributed by atoms with Crippen molar-refractivity contribution in [3.05, 3.63) is 75.5 Å². The Kier molecular flexibility index (Phi) is 3.33. The summed E-state index contributed by atoms with van der Waals surface area (Å²) in [7, 11) is 0. The van der Waals surface area contributed by atoms with Crippen LogP contribution < -0.4 is 5.56 Å². The maximum atomic E-state index is 12.3. The summed E-state index contributed by atoms with van der Waals surface area (Å²) < 4.78 is 1.68. The van der Waals surface area contributed by atoms with Gasteiger partial charge in [0.2, 0.25) is 5.95 Å². The molecule has 4 rings (SSSR count). The molecular formula is C18H18N4O. The van der Waals surface area contributed by atoms with Crippen molar-refractivity contribution >= 4 is 0 Å². The number of aromatic nitrogens is 4. The first-order valence-electron chi connectivity index (χ1n) is 7.89. The maximum Gasteiger partial charge on any atom is 0.268 e. The monoisotopic (exact) mass is 306 g/mol. The van der Waals surface area contributed by atoms with Crippen molar-refractivity contribution in [1.82, 2.24) is 19.7 Å². The van der Waals surface area contributed by atoms with E-state index in [2.05, 4.69) is 15.1 Å². The first-order valence-corrected chi connectivity index (χ1v) is 7.89. The fourth-order valence-electron chi connectivity index (χ4n) is 2.83. The number of aromatic amines is 1. The van der Waals surface area contributed by atoms with Gasteiger partial charge < -0.3 is 0 Å². The maximum absolute atomic E-state index is 12.3. The summed E-state index contributed by atoms with van der Waals surface area (Å²) >= 11 is 0. The third kappa shape index (κ3) is 2.70. The van der Waals surface area contributed by atoms with Crippen molar-refractivity contribution in [2.24, 2.45) is 0 Å². The van der Waals surface area contributed by atoms with Crippen LogP contribution in [0.4, 0.5) is 0 Å². The molecule has 0 saturated heterocycles. The highest BCUT2D eigenvalue weighted by atomic mass is 16.1. The highest BCUT2D eigenvalue weighted by molar-refractivity contribution is 5.30. The molecule has 1 aliphatic carbocycles. The van der Waals surface area contributed by atoms with Crippen LogP contribution in [0, 0.1) is 6.92 Å². The molecule has 2 aromatic heterocycles. The van der Waals surface area contributed by atoms with Crippen molar-refractivity contribution < 1.29 is 0 Å². The van der Waals surface area contributed by atoms with Gasteiger partial charge in [0.25, 0.3) is 5.56 Å². The van der Waals surface area contributed by atoms with Gasteiger partial charge in [0.1, 0.15) is 0 Å². The molecule has 116 valence electrons. The Balaban J connectivity index is 1.67. The second-order valence-electron chi connectivity index (χ2n) is 6.09. The first kappa shape index (κ1) is 13.9. The van der Waals surface area contributed by atoms with Gasteiger partial charge in [-0.1, -0.05) is 30.3 Å². The highest BCUT2D eigenvalue weighted by Gasteiger charge is 2.24. The Bertz CT molecular complexity index is 874. The molecule has 0 aliphatic heterocycles. The van der Waals surface area contributed by atoms with E-state index in [0.717, 1.165) is 16.8 Å². The van der Waals surface area contributed by atoms with Gasteiger partial charge in [0.05, 0.1) is 0 Å². The Hall–Kier alpha value is -2.69. The molecule has 1 aliphatic rings. The minimum atomic E-state index is -0.0822. The summed E-state index contributed by atoms with van der Waals surface area (Å²) in [6.07, 6.45) is 6.80. The number of nitrogens with one attached hydrogen (secondary N) is 1. The van der Waals surface area contributed by atoms with Crippen LogP contribution in [-0.2, 0) is 6.42 Å². The lowest BCUT2D eigenvalue weighted by atomic mass is 10.1. The SMILES string of the molecule is Cc1c(Cc2ccccc2)c(=O)[nH]n1-c1ncc(C2CC2)cn1. The molecule has 1 aromatic carbocycles. The van der Waals surface area contributed by atoms with Gasteiger partial charge in [0.15, 0.2) is 0 Å². The van der Waals surface area contributed by atoms with Crippen LogP contribution in [0.25, 0.3) is 5.95 Å². The summed E-state index contributed by atoms with van der Waals surface area (Å²) in [5.41, 5.74) is 3.83. The van der Waals surface area contributed by atoms with Crippen LogP contribution in [0.2, 0.25) is 0 Å². The zero-order valence-electron chi connectivity index (χ0n) is 13.0. The van der Waals surface area contributed by atoms with Crippen LogP contribution in [0.1, 0.15) is 41.1 Å². The van der Waals surface area contributed by atoms with Gasteiger partial charge >= 0.3 is 0 Å². The van der Waals surface area contributed by atoms with Crippen molar-refractivity contribution in [2.75, 3.05) is 0 Å². The van der Waals surface area contributed by atoms with E-state index in [-0.39, 0.29) is 5.56 Å². The Morgan fingerprint density at radius 2 is 1.87 bits per heavy atom. The predicted molar refractivity (Wildman–Crippen MR) is 87.9 cm³/mol. The molecule has 5 heteroatoms. The predicted octanol–water partition coefficient (Wildman–Crippen LogP) is 2.73. The van der Waals surface area contributed by atoms with Crippen molar-refractivity contribution in [1.29, 1.82) is 0 Å². The molecule has 1 fully saturated rings. The first-order chi connectivity index (χ1) is 11.2. The van der Waals surface area contributed by atoms with Crippen LogP contribution in [0.15, 0.2) is 47.5 Å². The third-order valence-electron chi connectivity index (χ3n) is 4.39. The van der Waals surface area contributed by atoms with E-state index in [1.807, 2.05) is 49.6 Å². The van der Waals surface area contributed by atoms with E-state index in [1.54, 1.807) is 4.68 Å². The molecular weight excluding hydrogens is 288 g/mol.